The Kier molecular flexibility index (Phi) is 7.93. The first kappa shape index (κ1) is 33.5. The quantitative estimate of drug-likeness (QED) is 0.170. The highest BCUT2D eigenvalue weighted by atomic mass is 16.5. The van der Waals surface area contributed by atoms with Crippen LogP contribution in [0.4, 0.5) is 17.1 Å². The molecule has 0 N–H and O–H groups in total. The van der Waals surface area contributed by atoms with Crippen molar-refractivity contribution in [2.24, 2.45) is 0 Å². The highest BCUT2D eigenvalue weighted by molar-refractivity contribution is 6.10. The summed E-state index contributed by atoms with van der Waals surface area (Å²) < 4.78 is 19.3. The van der Waals surface area contributed by atoms with Crippen molar-refractivity contribution in [1.29, 1.82) is 0 Å². The van der Waals surface area contributed by atoms with Crippen LogP contribution in [0.25, 0.3) is 77.5 Å². The number of benzene rings is 8. The van der Waals surface area contributed by atoms with E-state index in [0.717, 1.165) is 111 Å². The minimum atomic E-state index is 0.766. The zero-order valence-electron chi connectivity index (χ0n) is 31.4. The van der Waals surface area contributed by atoms with E-state index in [1.165, 1.54) is 0 Å². The van der Waals surface area contributed by atoms with Gasteiger partial charge in [0.1, 0.15) is 33.8 Å². The summed E-state index contributed by atoms with van der Waals surface area (Å²) in [6.45, 7) is 4.22. The zero-order chi connectivity index (χ0) is 38.6. The summed E-state index contributed by atoms with van der Waals surface area (Å²) in [4.78, 5) is 2.29. The molecule has 0 saturated carbocycles. The Morgan fingerprint density at radius 1 is 0.397 bits per heavy atom. The summed E-state index contributed by atoms with van der Waals surface area (Å²) >= 11 is 0. The van der Waals surface area contributed by atoms with Crippen molar-refractivity contribution in [2.75, 3.05) is 4.90 Å². The van der Waals surface area contributed by atoms with Gasteiger partial charge < -0.3 is 18.5 Å². The summed E-state index contributed by atoms with van der Waals surface area (Å²) in [5.74, 6) is 1.55. The first-order chi connectivity index (χ1) is 28.7. The van der Waals surface area contributed by atoms with Crippen molar-refractivity contribution in [3.63, 3.8) is 0 Å². The molecular formula is C54H35NO3. The van der Waals surface area contributed by atoms with Gasteiger partial charge in [0, 0.05) is 60.9 Å². The average molecular weight is 746 g/mol. The standard InChI is InChI=1S/C54H35NO3/c1-35-11-8-22-49(56-50-19-5-2-12-42(35)50)38-27-33-41(34-28-38)55(39-29-23-36(24-30-39)43-15-9-17-47-45-13-3-6-20-51(45)57-53(43)47)40-31-25-37(26-32-40)44-16-10-18-48-46-14-4-7-21-52(46)58-54(44)48/h2-34H,1H2/b11-8-,49-22-. The number of hydrogen-bond acceptors (Lipinski definition) is 4. The Labute approximate surface area is 335 Å². The lowest BCUT2D eigenvalue weighted by Gasteiger charge is -2.26. The molecule has 11 rings (SSSR count). The summed E-state index contributed by atoms with van der Waals surface area (Å²) in [6.07, 6.45) is 6.01. The van der Waals surface area contributed by atoms with Gasteiger partial charge in [-0.05, 0) is 89.5 Å². The number of anilines is 3. The summed E-state index contributed by atoms with van der Waals surface area (Å²) in [5, 5.41) is 4.47. The fourth-order valence-electron chi connectivity index (χ4n) is 8.22. The van der Waals surface area contributed by atoms with Crippen LogP contribution in [-0.4, -0.2) is 0 Å². The summed E-state index contributed by atoms with van der Waals surface area (Å²) in [6, 6.07) is 63.2. The van der Waals surface area contributed by atoms with Gasteiger partial charge in [0.2, 0.25) is 0 Å². The lowest BCUT2D eigenvalue weighted by Crippen LogP contribution is -2.10. The smallest absolute Gasteiger partial charge is 0.143 e. The second kappa shape index (κ2) is 13.7. The molecule has 3 heterocycles. The van der Waals surface area contributed by atoms with E-state index in [0.29, 0.717) is 0 Å². The molecule has 0 saturated heterocycles. The van der Waals surface area contributed by atoms with Crippen LogP contribution in [-0.2, 0) is 0 Å². The average Bonchev–Trinajstić information content (AvgIpc) is 3.85. The van der Waals surface area contributed by atoms with E-state index < -0.39 is 0 Å². The molecule has 0 unspecified atom stereocenters. The van der Waals surface area contributed by atoms with Crippen LogP contribution in [0.5, 0.6) is 5.75 Å². The SMILES string of the molecule is C=C1/C=C\C=C(\c2ccc(N(c3ccc(-c4cccc5c4oc4ccccc45)cc3)c3ccc(-c4cccc5c4oc4ccccc45)cc3)cc2)Oc2ccccc21. The van der Waals surface area contributed by atoms with Gasteiger partial charge in [0.25, 0.3) is 0 Å². The molecule has 0 amide bonds. The minimum absolute atomic E-state index is 0.766. The van der Waals surface area contributed by atoms with Crippen molar-refractivity contribution in [3.05, 3.63) is 218 Å². The van der Waals surface area contributed by atoms with Crippen molar-refractivity contribution in [1.82, 2.24) is 0 Å². The Bertz CT molecular complexity index is 3090. The fourth-order valence-corrected chi connectivity index (χ4v) is 8.22. The van der Waals surface area contributed by atoms with Gasteiger partial charge in [-0.1, -0.05) is 134 Å². The maximum Gasteiger partial charge on any atom is 0.143 e. The van der Waals surface area contributed by atoms with Gasteiger partial charge in [0.15, 0.2) is 0 Å². The second-order valence-corrected chi connectivity index (χ2v) is 14.6. The monoisotopic (exact) mass is 745 g/mol. The molecule has 274 valence electrons. The fraction of sp³-hybridized carbons (Fsp3) is 0. The molecule has 1 aliphatic heterocycles. The van der Waals surface area contributed by atoms with E-state index in [1.807, 2.05) is 66.8 Å². The number of allylic oxidation sites excluding steroid dienone is 4. The predicted octanol–water partition coefficient (Wildman–Crippen LogP) is 15.3. The summed E-state index contributed by atoms with van der Waals surface area (Å²) in [5.41, 5.74) is 13.8. The number of furan rings is 2. The van der Waals surface area contributed by atoms with Gasteiger partial charge in [-0.3, -0.25) is 0 Å². The van der Waals surface area contributed by atoms with E-state index in [1.54, 1.807) is 0 Å². The molecule has 58 heavy (non-hydrogen) atoms. The maximum atomic E-state index is 6.49. The molecule has 0 spiro atoms. The lowest BCUT2D eigenvalue weighted by molar-refractivity contribution is 0.513. The van der Waals surface area contributed by atoms with Crippen LogP contribution >= 0.6 is 0 Å². The van der Waals surface area contributed by atoms with E-state index >= 15 is 0 Å². The van der Waals surface area contributed by atoms with Crippen LogP contribution in [0.3, 0.4) is 0 Å². The number of para-hydroxylation sites is 5. The minimum Gasteiger partial charge on any atom is -0.456 e. The topological polar surface area (TPSA) is 38.8 Å². The van der Waals surface area contributed by atoms with Crippen LogP contribution in [0.2, 0.25) is 0 Å². The second-order valence-electron chi connectivity index (χ2n) is 14.6. The van der Waals surface area contributed by atoms with Gasteiger partial charge >= 0.3 is 0 Å². The third-order valence-electron chi connectivity index (χ3n) is 11.1. The molecule has 0 atom stereocenters. The van der Waals surface area contributed by atoms with Gasteiger partial charge in [-0.15, -0.1) is 0 Å². The normalized spacial score (nSPS) is 14.1. The number of hydrogen-bond donors (Lipinski definition) is 0. The third kappa shape index (κ3) is 5.70. The Balaban J connectivity index is 0.986. The van der Waals surface area contributed by atoms with Crippen LogP contribution in [0.15, 0.2) is 216 Å². The van der Waals surface area contributed by atoms with Crippen LogP contribution in [0.1, 0.15) is 11.1 Å². The highest BCUT2D eigenvalue weighted by Crippen LogP contribution is 2.42. The molecule has 0 aliphatic carbocycles. The molecule has 0 fully saturated rings. The van der Waals surface area contributed by atoms with Crippen molar-refractivity contribution >= 4 is 72.3 Å². The largest absolute Gasteiger partial charge is 0.456 e. The van der Waals surface area contributed by atoms with E-state index in [4.69, 9.17) is 13.6 Å². The Hall–Kier alpha value is -7.82. The van der Waals surface area contributed by atoms with Crippen molar-refractivity contribution in [2.45, 2.75) is 0 Å². The molecule has 1 aliphatic rings. The number of ether oxygens (including phenoxy) is 1. The lowest BCUT2D eigenvalue weighted by atomic mass is 10.0. The predicted molar refractivity (Wildman–Crippen MR) is 240 cm³/mol. The van der Waals surface area contributed by atoms with Crippen molar-refractivity contribution < 1.29 is 13.6 Å². The third-order valence-corrected chi connectivity index (χ3v) is 11.1. The Morgan fingerprint density at radius 2 is 0.845 bits per heavy atom. The number of rotatable bonds is 6. The van der Waals surface area contributed by atoms with Crippen LogP contribution in [0, 0.1) is 0 Å². The van der Waals surface area contributed by atoms with E-state index in [-0.39, 0.29) is 0 Å². The summed E-state index contributed by atoms with van der Waals surface area (Å²) in [7, 11) is 0. The van der Waals surface area contributed by atoms with E-state index in [9.17, 15) is 0 Å². The van der Waals surface area contributed by atoms with Gasteiger partial charge in [-0.2, -0.15) is 0 Å². The zero-order valence-corrected chi connectivity index (χ0v) is 31.4. The molecule has 2 aromatic heterocycles. The first-order valence-electron chi connectivity index (χ1n) is 19.4. The molecule has 4 heteroatoms. The number of fused-ring (bicyclic) bond motifs is 7. The first-order valence-corrected chi connectivity index (χ1v) is 19.4. The highest BCUT2D eigenvalue weighted by Gasteiger charge is 2.18. The molecule has 0 bridgehead atoms. The molecular weight excluding hydrogens is 711 g/mol. The number of nitrogens with zero attached hydrogens (tertiary/aromatic N) is 1. The molecule has 10 aromatic rings. The van der Waals surface area contributed by atoms with Crippen molar-refractivity contribution in [3.8, 4) is 28.0 Å². The molecule has 0 radical (unpaired) electrons. The van der Waals surface area contributed by atoms with Gasteiger partial charge in [-0.25, -0.2) is 0 Å². The molecule has 4 nitrogen and oxygen atoms in total. The molecule has 8 aromatic carbocycles. The van der Waals surface area contributed by atoms with Gasteiger partial charge in [0.05, 0.1) is 0 Å². The maximum absolute atomic E-state index is 6.49. The van der Waals surface area contributed by atoms with Crippen LogP contribution < -0.4 is 9.64 Å². The Morgan fingerprint density at radius 3 is 1.40 bits per heavy atom. The van der Waals surface area contributed by atoms with E-state index in [2.05, 4.69) is 145 Å².